The Morgan fingerprint density at radius 1 is 0.425 bits per heavy atom. The van der Waals surface area contributed by atoms with Crippen LogP contribution >= 0.6 is 0 Å². The van der Waals surface area contributed by atoms with Crippen LogP contribution in [0.1, 0.15) is 11.4 Å². The van der Waals surface area contributed by atoms with Crippen molar-refractivity contribution in [3.05, 3.63) is 133 Å². The van der Waals surface area contributed by atoms with Crippen molar-refractivity contribution in [2.75, 3.05) is 0 Å². The third kappa shape index (κ3) is 4.02. The molecule has 4 nitrogen and oxygen atoms in total. The molecule has 40 heavy (non-hydrogen) atoms. The molecule has 0 aliphatic heterocycles. The zero-order valence-corrected chi connectivity index (χ0v) is 22.3. The number of hydrogen-bond acceptors (Lipinski definition) is 4. The van der Waals surface area contributed by atoms with Gasteiger partial charge in [-0.25, -0.2) is 0 Å². The van der Waals surface area contributed by atoms with E-state index >= 15 is 0 Å². The third-order valence-corrected chi connectivity index (χ3v) is 7.63. The van der Waals surface area contributed by atoms with E-state index in [9.17, 15) is 0 Å². The number of benzene rings is 3. The summed E-state index contributed by atoms with van der Waals surface area (Å²) in [7, 11) is 0. The number of hydrogen-bond donors (Lipinski definition) is 0. The Kier molecular flexibility index (Phi) is 5.86. The fourth-order valence-corrected chi connectivity index (χ4v) is 5.72. The minimum Gasteiger partial charge on any atom is -0.264 e. The first-order chi connectivity index (χ1) is 19.7. The van der Waals surface area contributed by atoms with Gasteiger partial charge in [0.25, 0.3) is 0 Å². The Morgan fingerprint density at radius 2 is 0.825 bits per heavy atom. The Balaban J connectivity index is 1.53. The van der Waals surface area contributed by atoms with E-state index in [1.165, 1.54) is 32.7 Å². The van der Waals surface area contributed by atoms with Crippen LogP contribution in [-0.4, -0.2) is 19.9 Å². The Labute approximate surface area is 233 Å². The molecule has 0 atom stereocenters. The second-order valence-corrected chi connectivity index (χ2v) is 10.0. The summed E-state index contributed by atoms with van der Waals surface area (Å²) in [6.45, 7) is 4.10. The van der Waals surface area contributed by atoms with Gasteiger partial charge in [0.15, 0.2) is 0 Å². The quantitative estimate of drug-likeness (QED) is 0.220. The molecule has 0 unspecified atom stereocenters. The smallest absolute Gasteiger partial charge is 0.0451 e. The van der Waals surface area contributed by atoms with Crippen LogP contribution in [0.25, 0.3) is 66.1 Å². The van der Waals surface area contributed by atoms with Gasteiger partial charge in [-0.2, -0.15) is 0 Å². The molecule has 0 radical (unpaired) electrons. The van der Waals surface area contributed by atoms with E-state index in [4.69, 9.17) is 9.97 Å². The molecule has 0 fully saturated rings. The van der Waals surface area contributed by atoms with Crippen LogP contribution < -0.4 is 0 Å². The summed E-state index contributed by atoms with van der Waals surface area (Å²) >= 11 is 0. The molecule has 0 N–H and O–H groups in total. The average molecular weight is 515 g/mol. The van der Waals surface area contributed by atoms with Crippen molar-refractivity contribution in [1.82, 2.24) is 19.9 Å². The minimum absolute atomic E-state index is 0.982. The largest absolute Gasteiger partial charge is 0.264 e. The summed E-state index contributed by atoms with van der Waals surface area (Å²) in [5, 5.41) is 4.73. The minimum atomic E-state index is 0.982. The van der Waals surface area contributed by atoms with Crippen LogP contribution in [0.15, 0.2) is 122 Å². The maximum Gasteiger partial charge on any atom is 0.0451 e. The molecule has 0 amide bonds. The van der Waals surface area contributed by atoms with Crippen LogP contribution in [0.5, 0.6) is 0 Å². The number of aryl methyl sites for hydroxylation is 2. The van der Waals surface area contributed by atoms with Crippen molar-refractivity contribution in [3.63, 3.8) is 0 Å². The number of fused-ring (bicyclic) bond motifs is 2. The normalized spacial score (nSPS) is 11.2. The molecule has 0 saturated carbocycles. The standard InChI is InChI=1S/C36H26N4/c1-23-33(25-9-7-15-37-19-25)17-27(21-39-23)35-29-11-3-5-13-31(29)36(32-14-6-4-12-30(32)35)28-18-34(24(2)40-22-28)26-10-8-16-38-20-26/h3-22H,1-2H3. The molecule has 4 heteroatoms. The Morgan fingerprint density at radius 3 is 1.18 bits per heavy atom. The summed E-state index contributed by atoms with van der Waals surface area (Å²) in [6.07, 6.45) is 11.4. The summed E-state index contributed by atoms with van der Waals surface area (Å²) in [5.41, 5.74) is 10.8. The van der Waals surface area contributed by atoms with Crippen molar-refractivity contribution in [2.24, 2.45) is 0 Å². The molecule has 7 aromatic rings. The maximum absolute atomic E-state index is 4.84. The highest BCUT2D eigenvalue weighted by molar-refractivity contribution is 6.21. The zero-order chi connectivity index (χ0) is 27.1. The van der Waals surface area contributed by atoms with Gasteiger partial charge in [0.1, 0.15) is 0 Å². The Hall–Kier alpha value is -5.22. The SMILES string of the molecule is Cc1ncc(-c2c3ccccc3c(-c3cnc(C)c(-c4cccnc4)c3)c3ccccc23)cc1-c1cccnc1. The fraction of sp³-hybridized carbons (Fsp3) is 0.0556. The molecule has 4 aromatic heterocycles. The fourth-order valence-electron chi connectivity index (χ4n) is 5.72. The molecule has 0 aliphatic rings. The van der Waals surface area contributed by atoms with E-state index in [1.54, 1.807) is 12.4 Å². The third-order valence-electron chi connectivity index (χ3n) is 7.63. The molecule has 0 aliphatic carbocycles. The number of rotatable bonds is 4. The van der Waals surface area contributed by atoms with Crippen molar-refractivity contribution < 1.29 is 0 Å². The molecule has 0 spiro atoms. The molecular formula is C36H26N4. The van der Waals surface area contributed by atoms with Gasteiger partial charge in [-0.15, -0.1) is 0 Å². The maximum atomic E-state index is 4.84. The van der Waals surface area contributed by atoms with Crippen LogP contribution in [-0.2, 0) is 0 Å². The number of pyridine rings is 4. The molecule has 0 saturated heterocycles. The van der Waals surface area contributed by atoms with Gasteiger partial charge in [0.05, 0.1) is 0 Å². The van der Waals surface area contributed by atoms with E-state index in [0.717, 1.165) is 44.8 Å². The first-order valence-corrected chi connectivity index (χ1v) is 13.4. The van der Waals surface area contributed by atoms with Crippen LogP contribution in [0, 0.1) is 13.8 Å². The predicted molar refractivity (Wildman–Crippen MR) is 164 cm³/mol. The lowest BCUT2D eigenvalue weighted by Gasteiger charge is -2.19. The summed E-state index contributed by atoms with van der Waals surface area (Å²) < 4.78 is 0. The molecular weight excluding hydrogens is 488 g/mol. The molecule has 190 valence electrons. The molecule has 4 heterocycles. The molecule has 0 bridgehead atoms. The summed E-state index contributed by atoms with van der Waals surface area (Å²) in [5.74, 6) is 0. The Bertz CT molecular complexity index is 1810. The van der Waals surface area contributed by atoms with Gasteiger partial charge in [0, 0.05) is 81.9 Å². The highest BCUT2D eigenvalue weighted by Crippen LogP contribution is 2.44. The van der Waals surface area contributed by atoms with Gasteiger partial charge in [0.2, 0.25) is 0 Å². The van der Waals surface area contributed by atoms with Gasteiger partial charge < -0.3 is 0 Å². The zero-order valence-electron chi connectivity index (χ0n) is 22.3. The van der Waals surface area contributed by atoms with E-state index in [-0.39, 0.29) is 0 Å². The number of aromatic nitrogens is 4. The predicted octanol–water partition coefficient (Wildman–Crippen LogP) is 8.86. The van der Waals surface area contributed by atoms with Crippen LogP contribution in [0.3, 0.4) is 0 Å². The van der Waals surface area contributed by atoms with Crippen molar-refractivity contribution in [2.45, 2.75) is 13.8 Å². The van der Waals surface area contributed by atoms with Gasteiger partial charge in [-0.1, -0.05) is 60.7 Å². The first-order valence-electron chi connectivity index (χ1n) is 13.4. The lowest BCUT2D eigenvalue weighted by atomic mass is 9.85. The first kappa shape index (κ1) is 23.9. The average Bonchev–Trinajstić information content (AvgIpc) is 3.01. The topological polar surface area (TPSA) is 51.6 Å². The summed E-state index contributed by atoms with van der Waals surface area (Å²) in [6, 6.07) is 29.9. The molecule has 3 aromatic carbocycles. The highest BCUT2D eigenvalue weighted by atomic mass is 14.7. The highest BCUT2D eigenvalue weighted by Gasteiger charge is 2.18. The van der Waals surface area contributed by atoms with Crippen molar-refractivity contribution >= 4 is 21.5 Å². The van der Waals surface area contributed by atoms with Gasteiger partial charge >= 0.3 is 0 Å². The van der Waals surface area contributed by atoms with Crippen molar-refractivity contribution in [3.8, 4) is 44.5 Å². The molecule has 7 rings (SSSR count). The van der Waals surface area contributed by atoms with E-state index in [0.29, 0.717) is 0 Å². The van der Waals surface area contributed by atoms with Crippen LogP contribution in [0.4, 0.5) is 0 Å². The van der Waals surface area contributed by atoms with Crippen LogP contribution in [0.2, 0.25) is 0 Å². The van der Waals surface area contributed by atoms with E-state index < -0.39 is 0 Å². The van der Waals surface area contributed by atoms with Crippen molar-refractivity contribution in [1.29, 1.82) is 0 Å². The van der Waals surface area contributed by atoms with Gasteiger partial charge in [-0.05, 0) is 70.8 Å². The number of nitrogens with zero attached hydrogens (tertiary/aromatic N) is 4. The second kappa shape index (κ2) is 9.83. The second-order valence-electron chi connectivity index (χ2n) is 10.0. The van der Waals surface area contributed by atoms with E-state index in [1.807, 2.05) is 36.9 Å². The lowest BCUT2D eigenvalue weighted by molar-refractivity contribution is 1.20. The summed E-state index contributed by atoms with van der Waals surface area (Å²) in [4.78, 5) is 18.4. The lowest BCUT2D eigenvalue weighted by Crippen LogP contribution is -1.95. The monoisotopic (exact) mass is 514 g/mol. The van der Waals surface area contributed by atoms with Gasteiger partial charge in [-0.3, -0.25) is 19.9 Å². The van der Waals surface area contributed by atoms with E-state index in [2.05, 4.69) is 96.6 Å².